The molecule has 0 spiro atoms. The van der Waals surface area contributed by atoms with E-state index in [0.717, 1.165) is 22.4 Å². The first kappa shape index (κ1) is 11.6. The van der Waals surface area contributed by atoms with Gasteiger partial charge in [0.05, 0.1) is 0 Å². The first-order valence-electron chi connectivity index (χ1n) is 5.21. The summed E-state index contributed by atoms with van der Waals surface area (Å²) in [7, 11) is 1.74. The lowest BCUT2D eigenvalue weighted by Gasteiger charge is -2.01. The van der Waals surface area contributed by atoms with Crippen molar-refractivity contribution in [2.24, 2.45) is 5.10 Å². The molecule has 88 valence electrons. The van der Waals surface area contributed by atoms with Crippen LogP contribution in [-0.4, -0.2) is 17.9 Å². The summed E-state index contributed by atoms with van der Waals surface area (Å²) in [4.78, 5) is 0. The Bertz CT molecular complexity index is 541. The van der Waals surface area contributed by atoms with E-state index in [9.17, 15) is 0 Å². The maximum Gasteiger partial charge on any atom is 0.186 e. The Kier molecular flexibility index (Phi) is 3.39. The van der Waals surface area contributed by atoms with Crippen LogP contribution in [0, 0.1) is 0 Å². The molecule has 0 saturated carbocycles. The van der Waals surface area contributed by atoms with Crippen molar-refractivity contribution in [2.45, 2.75) is 6.92 Å². The molecule has 1 aromatic heterocycles. The molecule has 1 aromatic carbocycles. The smallest absolute Gasteiger partial charge is 0.186 e. The van der Waals surface area contributed by atoms with Crippen molar-refractivity contribution in [2.75, 3.05) is 7.05 Å². The summed E-state index contributed by atoms with van der Waals surface area (Å²) in [5, 5.41) is 8.45. The molecule has 0 aliphatic carbocycles. The quantitative estimate of drug-likeness (QED) is 0.485. The first-order chi connectivity index (χ1) is 8.20. The summed E-state index contributed by atoms with van der Waals surface area (Å²) in [6.45, 7) is 1.86. The van der Waals surface area contributed by atoms with Gasteiger partial charge in [0.25, 0.3) is 0 Å². The highest BCUT2D eigenvalue weighted by Crippen LogP contribution is 2.19. The van der Waals surface area contributed by atoms with Crippen molar-refractivity contribution in [1.29, 1.82) is 0 Å². The van der Waals surface area contributed by atoms with Gasteiger partial charge < -0.3 is 9.73 Å². The summed E-state index contributed by atoms with van der Waals surface area (Å²) in [6.07, 6.45) is 0. The van der Waals surface area contributed by atoms with Crippen LogP contribution in [0.1, 0.15) is 12.7 Å². The molecule has 0 bridgehead atoms. The van der Waals surface area contributed by atoms with E-state index in [1.54, 1.807) is 7.05 Å². The molecule has 0 radical (unpaired) electrons. The van der Waals surface area contributed by atoms with E-state index < -0.39 is 0 Å². The molecule has 17 heavy (non-hydrogen) atoms. The number of para-hydroxylation sites is 1. The van der Waals surface area contributed by atoms with Gasteiger partial charge >= 0.3 is 0 Å². The normalized spacial score (nSPS) is 11.5. The summed E-state index contributed by atoms with van der Waals surface area (Å²) >= 11 is 4.93. The van der Waals surface area contributed by atoms with Crippen molar-refractivity contribution >= 4 is 34.0 Å². The molecule has 0 aliphatic rings. The standard InChI is InChI=1S/C12H13N3OS/c1-8(14-15-12(17)13-2)11-7-9-5-3-4-6-10(9)16-11/h3-7H,1-2H3,(H2,13,15,17)/b14-8-. The minimum Gasteiger partial charge on any atom is -0.455 e. The second-order valence-corrected chi connectivity index (χ2v) is 3.94. The van der Waals surface area contributed by atoms with Gasteiger partial charge in [0.15, 0.2) is 10.9 Å². The Morgan fingerprint density at radius 2 is 2.12 bits per heavy atom. The molecule has 0 saturated heterocycles. The number of thiocarbonyl (C=S) groups is 1. The number of nitrogens with one attached hydrogen (secondary N) is 2. The van der Waals surface area contributed by atoms with Gasteiger partial charge in [-0.3, -0.25) is 5.43 Å². The third-order valence-electron chi connectivity index (χ3n) is 2.33. The lowest BCUT2D eigenvalue weighted by atomic mass is 10.2. The third kappa shape index (κ3) is 2.62. The van der Waals surface area contributed by atoms with Gasteiger partial charge in [0, 0.05) is 12.4 Å². The highest BCUT2D eigenvalue weighted by Gasteiger charge is 2.05. The fourth-order valence-corrected chi connectivity index (χ4v) is 1.45. The monoisotopic (exact) mass is 247 g/mol. The van der Waals surface area contributed by atoms with Crippen molar-refractivity contribution in [1.82, 2.24) is 10.7 Å². The van der Waals surface area contributed by atoms with Crippen LogP contribution in [0.5, 0.6) is 0 Å². The van der Waals surface area contributed by atoms with E-state index in [4.69, 9.17) is 16.6 Å². The summed E-state index contributed by atoms with van der Waals surface area (Å²) < 4.78 is 5.66. The Morgan fingerprint density at radius 1 is 1.35 bits per heavy atom. The molecule has 2 N–H and O–H groups in total. The molecule has 0 aliphatic heterocycles. The summed E-state index contributed by atoms with van der Waals surface area (Å²) in [5.74, 6) is 0.734. The van der Waals surface area contributed by atoms with Crippen LogP contribution in [0.3, 0.4) is 0 Å². The van der Waals surface area contributed by atoms with Crippen LogP contribution in [-0.2, 0) is 0 Å². The van der Waals surface area contributed by atoms with Gasteiger partial charge in [-0.15, -0.1) is 0 Å². The molecule has 5 heteroatoms. The zero-order valence-corrected chi connectivity index (χ0v) is 10.5. The van der Waals surface area contributed by atoms with E-state index in [0.29, 0.717) is 5.11 Å². The minimum atomic E-state index is 0.473. The second kappa shape index (κ2) is 4.97. The van der Waals surface area contributed by atoms with Crippen LogP contribution in [0.4, 0.5) is 0 Å². The first-order valence-corrected chi connectivity index (χ1v) is 5.62. The zero-order chi connectivity index (χ0) is 12.3. The molecule has 4 nitrogen and oxygen atoms in total. The lowest BCUT2D eigenvalue weighted by molar-refractivity contribution is 0.603. The molecule has 1 heterocycles. The Morgan fingerprint density at radius 3 is 2.82 bits per heavy atom. The number of hydrogen-bond donors (Lipinski definition) is 2. The predicted molar refractivity (Wildman–Crippen MR) is 73.2 cm³/mol. The predicted octanol–water partition coefficient (Wildman–Crippen LogP) is 2.25. The van der Waals surface area contributed by atoms with Crippen LogP contribution < -0.4 is 10.7 Å². The van der Waals surface area contributed by atoms with Crippen molar-refractivity contribution in [3.05, 3.63) is 36.1 Å². The van der Waals surface area contributed by atoms with Gasteiger partial charge in [-0.1, -0.05) is 18.2 Å². The number of rotatable bonds is 2. The number of nitrogens with zero attached hydrogens (tertiary/aromatic N) is 1. The highest BCUT2D eigenvalue weighted by atomic mass is 32.1. The summed E-state index contributed by atoms with van der Waals surface area (Å²) in [5.41, 5.74) is 4.33. The van der Waals surface area contributed by atoms with Gasteiger partial charge in [0.1, 0.15) is 11.3 Å². The van der Waals surface area contributed by atoms with Gasteiger partial charge in [-0.25, -0.2) is 0 Å². The van der Waals surface area contributed by atoms with E-state index in [1.165, 1.54) is 0 Å². The van der Waals surface area contributed by atoms with Crippen molar-refractivity contribution in [3.63, 3.8) is 0 Å². The molecule has 0 amide bonds. The lowest BCUT2D eigenvalue weighted by Crippen LogP contribution is -2.29. The summed E-state index contributed by atoms with van der Waals surface area (Å²) in [6, 6.07) is 9.80. The maximum absolute atomic E-state index is 5.66. The fraction of sp³-hybridized carbons (Fsp3) is 0.167. The maximum atomic E-state index is 5.66. The largest absolute Gasteiger partial charge is 0.455 e. The van der Waals surface area contributed by atoms with Gasteiger partial charge in [-0.05, 0) is 31.3 Å². The van der Waals surface area contributed by atoms with Gasteiger partial charge in [-0.2, -0.15) is 5.10 Å². The molecular weight excluding hydrogens is 234 g/mol. The van der Waals surface area contributed by atoms with Crippen molar-refractivity contribution < 1.29 is 4.42 Å². The molecule has 2 aromatic rings. The van der Waals surface area contributed by atoms with Crippen LogP contribution >= 0.6 is 12.2 Å². The molecule has 0 atom stereocenters. The van der Waals surface area contributed by atoms with Crippen LogP contribution in [0.25, 0.3) is 11.0 Å². The topological polar surface area (TPSA) is 49.6 Å². The van der Waals surface area contributed by atoms with E-state index in [-0.39, 0.29) is 0 Å². The number of hydrogen-bond acceptors (Lipinski definition) is 3. The fourth-order valence-electron chi connectivity index (χ4n) is 1.41. The van der Waals surface area contributed by atoms with Crippen LogP contribution in [0.15, 0.2) is 39.9 Å². The van der Waals surface area contributed by atoms with E-state index in [2.05, 4.69) is 15.8 Å². The number of furan rings is 1. The Hall–Kier alpha value is -1.88. The van der Waals surface area contributed by atoms with Crippen LogP contribution in [0.2, 0.25) is 0 Å². The van der Waals surface area contributed by atoms with E-state index >= 15 is 0 Å². The number of benzene rings is 1. The Balaban J connectivity index is 2.24. The molecular formula is C12H13N3OS. The highest BCUT2D eigenvalue weighted by molar-refractivity contribution is 7.80. The number of fused-ring (bicyclic) bond motifs is 1. The molecule has 0 unspecified atom stereocenters. The average molecular weight is 247 g/mol. The third-order valence-corrected chi connectivity index (χ3v) is 2.63. The van der Waals surface area contributed by atoms with Gasteiger partial charge in [0.2, 0.25) is 0 Å². The van der Waals surface area contributed by atoms with E-state index in [1.807, 2.05) is 37.3 Å². The van der Waals surface area contributed by atoms with Crippen molar-refractivity contribution in [3.8, 4) is 0 Å². The number of hydrazone groups is 1. The second-order valence-electron chi connectivity index (χ2n) is 3.54. The SMILES string of the molecule is CNC(=S)N/N=C(/C)c1cc2ccccc2o1. The zero-order valence-electron chi connectivity index (χ0n) is 9.65. The Labute approximate surface area is 105 Å². The minimum absolute atomic E-state index is 0.473. The molecule has 2 rings (SSSR count). The molecule has 0 fully saturated rings. The average Bonchev–Trinajstić information content (AvgIpc) is 2.79.